The van der Waals surface area contributed by atoms with Crippen LogP contribution in [0.15, 0.2) is 29.3 Å². The van der Waals surface area contributed by atoms with E-state index >= 15 is 0 Å². The molecule has 0 atom stereocenters. The van der Waals surface area contributed by atoms with Gasteiger partial charge in [-0.25, -0.2) is 4.68 Å². The van der Waals surface area contributed by atoms with Crippen molar-refractivity contribution in [2.24, 2.45) is 0 Å². The molecule has 2 rings (SSSR count). The van der Waals surface area contributed by atoms with Crippen molar-refractivity contribution < 1.29 is 9.47 Å². The molecule has 0 aliphatic rings. The van der Waals surface area contributed by atoms with Crippen LogP contribution in [0.4, 0.5) is 5.69 Å². The van der Waals surface area contributed by atoms with E-state index in [-0.39, 0.29) is 12.1 Å². The van der Waals surface area contributed by atoms with Gasteiger partial charge in [-0.05, 0) is 0 Å². The molecule has 0 radical (unpaired) electrons. The Morgan fingerprint density at radius 1 is 1.35 bits per heavy atom. The van der Waals surface area contributed by atoms with Gasteiger partial charge in [0.05, 0.1) is 32.6 Å². The molecule has 1 N–H and O–H groups in total. The Bertz CT molecular complexity index is 654. The fourth-order valence-electron chi connectivity index (χ4n) is 1.79. The highest BCUT2D eigenvalue weighted by Crippen LogP contribution is 2.29. The van der Waals surface area contributed by atoms with Crippen molar-refractivity contribution in [3.05, 3.63) is 40.6 Å². The molecular formula is C13H16N4O3. The second-order valence-electron chi connectivity index (χ2n) is 3.98. The Labute approximate surface area is 116 Å². The summed E-state index contributed by atoms with van der Waals surface area (Å²) < 4.78 is 11.8. The predicted octanol–water partition coefficient (Wildman–Crippen LogP) is 0.745. The third-order valence-corrected chi connectivity index (χ3v) is 2.82. The number of aromatic nitrogens is 3. The van der Waals surface area contributed by atoms with Gasteiger partial charge in [0, 0.05) is 25.4 Å². The fourth-order valence-corrected chi connectivity index (χ4v) is 1.79. The minimum Gasteiger partial charge on any atom is -0.493 e. The number of pyridine rings is 1. The topological polar surface area (TPSA) is 78.3 Å². The minimum absolute atomic E-state index is 0.212. The van der Waals surface area contributed by atoms with Gasteiger partial charge >= 0.3 is 0 Å². The monoisotopic (exact) mass is 276 g/mol. The van der Waals surface area contributed by atoms with Gasteiger partial charge in [-0.3, -0.25) is 9.78 Å². The number of nitrogens with one attached hydrogen (secondary N) is 1. The molecule has 0 saturated heterocycles. The second-order valence-corrected chi connectivity index (χ2v) is 3.98. The first kappa shape index (κ1) is 13.9. The van der Waals surface area contributed by atoms with Crippen molar-refractivity contribution in [2.75, 3.05) is 26.6 Å². The Morgan fingerprint density at radius 3 is 2.75 bits per heavy atom. The molecule has 20 heavy (non-hydrogen) atoms. The third kappa shape index (κ3) is 2.71. The van der Waals surface area contributed by atoms with Crippen LogP contribution < -0.4 is 20.3 Å². The molecule has 0 bridgehead atoms. The average Bonchev–Trinajstić information content (AvgIpc) is 2.48. The van der Waals surface area contributed by atoms with Crippen molar-refractivity contribution in [3.63, 3.8) is 0 Å². The number of hydrogen-bond donors (Lipinski definition) is 1. The number of anilines is 1. The molecule has 106 valence electrons. The predicted molar refractivity (Wildman–Crippen MR) is 74.5 cm³/mol. The number of nitrogens with zero attached hydrogens (tertiary/aromatic N) is 3. The van der Waals surface area contributed by atoms with Crippen LogP contribution in [0.2, 0.25) is 0 Å². The van der Waals surface area contributed by atoms with E-state index in [4.69, 9.17) is 9.47 Å². The molecule has 0 aliphatic carbocycles. The van der Waals surface area contributed by atoms with E-state index in [0.717, 1.165) is 0 Å². The summed E-state index contributed by atoms with van der Waals surface area (Å²) in [5, 5.41) is 6.94. The van der Waals surface area contributed by atoms with Gasteiger partial charge < -0.3 is 14.8 Å². The second kappa shape index (κ2) is 6.05. The van der Waals surface area contributed by atoms with Crippen molar-refractivity contribution in [1.82, 2.24) is 14.8 Å². The maximum absolute atomic E-state index is 11.9. The number of rotatable bonds is 5. The van der Waals surface area contributed by atoms with Gasteiger partial charge in [0.2, 0.25) is 0 Å². The van der Waals surface area contributed by atoms with Crippen molar-refractivity contribution in [3.8, 4) is 11.5 Å². The molecule has 0 saturated carbocycles. The molecule has 0 aromatic carbocycles. The van der Waals surface area contributed by atoms with Gasteiger partial charge in [-0.15, -0.1) is 0 Å². The molecule has 0 amide bonds. The van der Waals surface area contributed by atoms with E-state index in [2.05, 4.69) is 15.4 Å². The highest BCUT2D eigenvalue weighted by atomic mass is 16.5. The van der Waals surface area contributed by atoms with Gasteiger partial charge in [0.15, 0.2) is 11.5 Å². The highest BCUT2D eigenvalue weighted by molar-refractivity contribution is 5.43. The molecule has 0 unspecified atom stereocenters. The molecule has 7 nitrogen and oxygen atoms in total. The quantitative estimate of drug-likeness (QED) is 0.868. The minimum atomic E-state index is -0.219. The van der Waals surface area contributed by atoms with Crippen molar-refractivity contribution >= 4 is 5.69 Å². The van der Waals surface area contributed by atoms with E-state index in [1.54, 1.807) is 32.6 Å². The first-order chi connectivity index (χ1) is 9.69. The molecule has 2 aromatic heterocycles. The number of methoxy groups -OCH3 is 2. The zero-order chi connectivity index (χ0) is 14.5. The van der Waals surface area contributed by atoms with Gasteiger partial charge in [0.1, 0.15) is 5.69 Å². The Hall–Kier alpha value is -2.57. The maximum Gasteiger partial charge on any atom is 0.269 e. The van der Waals surface area contributed by atoms with E-state index < -0.39 is 0 Å². The summed E-state index contributed by atoms with van der Waals surface area (Å²) in [7, 11) is 4.81. The van der Waals surface area contributed by atoms with Crippen molar-refractivity contribution in [2.45, 2.75) is 6.54 Å². The highest BCUT2D eigenvalue weighted by Gasteiger charge is 2.12. The Balaban J connectivity index is 2.37. The van der Waals surface area contributed by atoms with Crippen LogP contribution in [0.1, 0.15) is 5.69 Å². The Kier molecular flexibility index (Phi) is 4.19. The first-order valence-corrected chi connectivity index (χ1v) is 6.00. The van der Waals surface area contributed by atoms with E-state index in [9.17, 15) is 4.79 Å². The van der Waals surface area contributed by atoms with Gasteiger partial charge in [-0.2, -0.15) is 5.10 Å². The van der Waals surface area contributed by atoms with E-state index in [1.807, 2.05) is 0 Å². The standard InChI is InChI=1S/C13H16N4O3/c1-14-9-6-12(18)17(16-7-9)8-10-13(20-3)11(19-2)4-5-15-10/h4-7,14H,8H2,1-3H3. The van der Waals surface area contributed by atoms with Crippen LogP contribution in [0.25, 0.3) is 0 Å². The lowest BCUT2D eigenvalue weighted by Gasteiger charge is -2.12. The van der Waals surface area contributed by atoms with Crippen LogP contribution in [0.5, 0.6) is 11.5 Å². The summed E-state index contributed by atoms with van der Waals surface area (Å²) in [6.45, 7) is 0.212. The largest absolute Gasteiger partial charge is 0.493 e. The molecule has 2 heterocycles. The van der Waals surface area contributed by atoms with Crippen LogP contribution in [0, 0.1) is 0 Å². The van der Waals surface area contributed by atoms with E-state index in [0.29, 0.717) is 22.9 Å². The molecule has 7 heteroatoms. The van der Waals surface area contributed by atoms with Gasteiger partial charge in [0.25, 0.3) is 5.56 Å². The third-order valence-electron chi connectivity index (χ3n) is 2.82. The fraction of sp³-hybridized carbons (Fsp3) is 0.308. The summed E-state index contributed by atoms with van der Waals surface area (Å²) >= 11 is 0. The molecule has 2 aromatic rings. The van der Waals surface area contributed by atoms with Crippen LogP contribution in [-0.4, -0.2) is 36.0 Å². The first-order valence-electron chi connectivity index (χ1n) is 6.00. The van der Waals surface area contributed by atoms with Gasteiger partial charge in [-0.1, -0.05) is 0 Å². The summed E-state index contributed by atoms with van der Waals surface area (Å²) in [4.78, 5) is 16.1. The summed E-state index contributed by atoms with van der Waals surface area (Å²) in [6.07, 6.45) is 3.18. The Morgan fingerprint density at radius 2 is 2.15 bits per heavy atom. The van der Waals surface area contributed by atoms with Crippen LogP contribution in [0.3, 0.4) is 0 Å². The summed E-state index contributed by atoms with van der Waals surface area (Å²) in [5.41, 5.74) is 1.03. The number of hydrogen-bond acceptors (Lipinski definition) is 6. The zero-order valence-electron chi connectivity index (χ0n) is 11.6. The molecule has 0 fully saturated rings. The lowest BCUT2D eigenvalue weighted by atomic mass is 10.3. The smallest absolute Gasteiger partial charge is 0.269 e. The van der Waals surface area contributed by atoms with E-state index in [1.165, 1.54) is 17.9 Å². The van der Waals surface area contributed by atoms with Crippen molar-refractivity contribution in [1.29, 1.82) is 0 Å². The average molecular weight is 276 g/mol. The molecule has 0 spiro atoms. The van der Waals surface area contributed by atoms with Crippen LogP contribution in [-0.2, 0) is 6.54 Å². The normalized spacial score (nSPS) is 10.2. The summed E-state index contributed by atoms with van der Waals surface area (Å²) in [5.74, 6) is 1.07. The van der Waals surface area contributed by atoms with Crippen LogP contribution >= 0.6 is 0 Å². The zero-order valence-corrected chi connectivity index (χ0v) is 11.6. The maximum atomic E-state index is 11.9. The molecule has 0 aliphatic heterocycles. The summed E-state index contributed by atoms with van der Waals surface area (Å²) in [6, 6.07) is 3.17. The molecular weight excluding hydrogens is 260 g/mol. The lowest BCUT2D eigenvalue weighted by Crippen LogP contribution is -2.23. The SMILES string of the molecule is CNc1cnn(Cc2nccc(OC)c2OC)c(=O)c1. The lowest BCUT2D eigenvalue weighted by molar-refractivity contribution is 0.347. The number of ether oxygens (including phenoxy) is 2.